The highest BCUT2D eigenvalue weighted by atomic mass is 16.5. The number of carbonyl (C=O) groups is 1. The molecule has 0 radical (unpaired) electrons. The summed E-state index contributed by atoms with van der Waals surface area (Å²) < 4.78 is 10.7. The molecule has 0 aromatic heterocycles. The Kier molecular flexibility index (Phi) is 5.31. The van der Waals surface area contributed by atoms with E-state index in [9.17, 15) is 9.90 Å². The third kappa shape index (κ3) is 3.34. The van der Waals surface area contributed by atoms with Gasteiger partial charge in [-0.05, 0) is 59.1 Å². The molecule has 3 rings (SSSR count). The van der Waals surface area contributed by atoms with Crippen LogP contribution in [0.5, 0.6) is 11.5 Å². The molecular formula is C22H27NO4. The average molecular weight is 369 g/mol. The lowest BCUT2D eigenvalue weighted by Crippen LogP contribution is -2.37. The van der Waals surface area contributed by atoms with E-state index in [0.29, 0.717) is 11.5 Å². The van der Waals surface area contributed by atoms with Crippen molar-refractivity contribution in [3.05, 3.63) is 47.5 Å². The van der Waals surface area contributed by atoms with Crippen molar-refractivity contribution in [2.24, 2.45) is 5.41 Å². The third-order valence-electron chi connectivity index (χ3n) is 6.00. The molecule has 0 saturated heterocycles. The molecule has 2 aromatic carbocycles. The minimum absolute atomic E-state index is 0.0725. The Bertz CT molecular complexity index is 842. The van der Waals surface area contributed by atoms with E-state index in [4.69, 9.17) is 9.47 Å². The smallest absolute Gasteiger partial charge is 0.405 e. The van der Waals surface area contributed by atoms with Crippen molar-refractivity contribution >= 4 is 6.09 Å². The number of rotatable bonds is 6. The fourth-order valence-electron chi connectivity index (χ4n) is 4.31. The molecule has 144 valence electrons. The van der Waals surface area contributed by atoms with Gasteiger partial charge in [-0.15, -0.1) is 0 Å². The van der Waals surface area contributed by atoms with E-state index >= 15 is 0 Å². The molecule has 5 nitrogen and oxygen atoms in total. The summed E-state index contributed by atoms with van der Waals surface area (Å²) in [6.45, 7) is 4.28. The van der Waals surface area contributed by atoms with Crippen LogP contribution in [0, 0.1) is 5.41 Å². The molecule has 0 bridgehead atoms. The van der Waals surface area contributed by atoms with Crippen molar-refractivity contribution in [2.45, 2.75) is 39.2 Å². The Labute approximate surface area is 160 Å². The molecule has 27 heavy (non-hydrogen) atoms. The zero-order valence-electron chi connectivity index (χ0n) is 16.3. The normalized spacial score (nSPS) is 17.3. The number of hydrogen-bond donors (Lipinski definition) is 2. The van der Waals surface area contributed by atoms with Crippen LogP contribution in [-0.4, -0.2) is 25.4 Å². The number of amides is 1. The topological polar surface area (TPSA) is 67.8 Å². The van der Waals surface area contributed by atoms with E-state index in [2.05, 4.69) is 37.4 Å². The summed E-state index contributed by atoms with van der Waals surface area (Å²) >= 11 is 0. The summed E-state index contributed by atoms with van der Waals surface area (Å²) in [5.41, 5.74) is 4.36. The van der Waals surface area contributed by atoms with Gasteiger partial charge in [0.2, 0.25) is 0 Å². The maximum absolute atomic E-state index is 11.4. The Morgan fingerprint density at radius 3 is 2.30 bits per heavy atom. The van der Waals surface area contributed by atoms with Gasteiger partial charge in [-0.2, -0.15) is 0 Å². The summed E-state index contributed by atoms with van der Waals surface area (Å²) in [7, 11) is 3.25. The predicted molar refractivity (Wildman–Crippen MR) is 106 cm³/mol. The number of methoxy groups -OCH3 is 2. The Morgan fingerprint density at radius 1 is 1.07 bits per heavy atom. The Hall–Kier alpha value is -2.69. The molecule has 1 unspecified atom stereocenters. The van der Waals surface area contributed by atoms with E-state index in [0.717, 1.165) is 36.0 Å². The molecule has 2 N–H and O–H groups in total. The van der Waals surface area contributed by atoms with Crippen molar-refractivity contribution < 1.29 is 19.4 Å². The quantitative estimate of drug-likeness (QED) is 0.748. The minimum Gasteiger partial charge on any atom is -0.493 e. The zero-order chi connectivity index (χ0) is 19.6. The van der Waals surface area contributed by atoms with Crippen LogP contribution < -0.4 is 14.8 Å². The largest absolute Gasteiger partial charge is 0.493 e. The number of fused-ring (bicyclic) bond motifs is 1. The van der Waals surface area contributed by atoms with Crippen LogP contribution in [0.25, 0.3) is 11.1 Å². The SMILES string of the molecule is CCC1(CC)Cc2cc(-c3ccc(OC)c(OC)c3)ccc2C1NC(=O)O. The van der Waals surface area contributed by atoms with Gasteiger partial charge in [-0.1, -0.05) is 38.1 Å². The monoisotopic (exact) mass is 369 g/mol. The summed E-state index contributed by atoms with van der Waals surface area (Å²) in [5, 5.41) is 12.1. The first-order valence-corrected chi connectivity index (χ1v) is 9.32. The predicted octanol–water partition coefficient (Wildman–Crippen LogP) is 5.04. The molecule has 0 fully saturated rings. The zero-order valence-corrected chi connectivity index (χ0v) is 16.3. The van der Waals surface area contributed by atoms with Crippen molar-refractivity contribution in [1.82, 2.24) is 5.32 Å². The minimum atomic E-state index is -0.969. The molecule has 0 heterocycles. The van der Waals surface area contributed by atoms with Crippen LogP contribution in [0.3, 0.4) is 0 Å². The highest BCUT2D eigenvalue weighted by molar-refractivity contribution is 5.70. The van der Waals surface area contributed by atoms with Gasteiger partial charge in [0.1, 0.15) is 0 Å². The third-order valence-corrected chi connectivity index (χ3v) is 6.00. The van der Waals surface area contributed by atoms with E-state index in [1.54, 1.807) is 14.2 Å². The second-order valence-electron chi connectivity index (χ2n) is 7.11. The van der Waals surface area contributed by atoms with Crippen molar-refractivity contribution in [3.63, 3.8) is 0 Å². The lowest BCUT2D eigenvalue weighted by molar-refractivity contribution is 0.157. The van der Waals surface area contributed by atoms with Crippen molar-refractivity contribution in [1.29, 1.82) is 0 Å². The van der Waals surface area contributed by atoms with Gasteiger partial charge in [0.05, 0.1) is 20.3 Å². The van der Waals surface area contributed by atoms with E-state index in [1.165, 1.54) is 5.56 Å². The van der Waals surface area contributed by atoms with E-state index in [-0.39, 0.29) is 11.5 Å². The maximum atomic E-state index is 11.4. The molecule has 0 spiro atoms. The Morgan fingerprint density at radius 2 is 1.70 bits per heavy atom. The highest BCUT2D eigenvalue weighted by Crippen LogP contribution is 2.51. The van der Waals surface area contributed by atoms with Gasteiger partial charge in [-0.25, -0.2) is 4.79 Å². The number of nitrogens with one attached hydrogen (secondary N) is 1. The Balaban J connectivity index is 2.02. The van der Waals surface area contributed by atoms with Gasteiger partial charge in [-0.3, -0.25) is 0 Å². The summed E-state index contributed by atoms with van der Waals surface area (Å²) in [5.74, 6) is 1.39. The van der Waals surface area contributed by atoms with Crippen LogP contribution in [0.4, 0.5) is 4.79 Å². The molecule has 5 heteroatoms. The first-order chi connectivity index (χ1) is 13.0. The second-order valence-corrected chi connectivity index (χ2v) is 7.11. The van der Waals surface area contributed by atoms with Gasteiger partial charge >= 0.3 is 6.09 Å². The summed E-state index contributed by atoms with van der Waals surface area (Å²) in [6, 6.07) is 12.0. The van der Waals surface area contributed by atoms with Crippen LogP contribution >= 0.6 is 0 Å². The summed E-state index contributed by atoms with van der Waals surface area (Å²) in [6.07, 6.45) is 1.76. The average Bonchev–Trinajstić information content (AvgIpc) is 3.00. The van der Waals surface area contributed by atoms with Crippen LogP contribution in [0.1, 0.15) is 43.9 Å². The van der Waals surface area contributed by atoms with Gasteiger partial charge in [0.15, 0.2) is 11.5 Å². The van der Waals surface area contributed by atoms with Crippen molar-refractivity contribution in [2.75, 3.05) is 14.2 Å². The van der Waals surface area contributed by atoms with Gasteiger partial charge in [0.25, 0.3) is 0 Å². The van der Waals surface area contributed by atoms with E-state index in [1.807, 2.05) is 18.2 Å². The van der Waals surface area contributed by atoms with Gasteiger partial charge < -0.3 is 19.9 Å². The van der Waals surface area contributed by atoms with Crippen molar-refractivity contribution in [3.8, 4) is 22.6 Å². The fraction of sp³-hybridized carbons (Fsp3) is 0.409. The summed E-state index contributed by atoms with van der Waals surface area (Å²) in [4.78, 5) is 11.4. The lowest BCUT2D eigenvalue weighted by Gasteiger charge is -2.33. The maximum Gasteiger partial charge on any atom is 0.405 e. The van der Waals surface area contributed by atoms with Crippen LogP contribution in [-0.2, 0) is 6.42 Å². The number of benzene rings is 2. The number of carboxylic acid groups (broad SMARTS) is 1. The molecule has 0 aliphatic heterocycles. The molecule has 1 atom stereocenters. The lowest BCUT2D eigenvalue weighted by atomic mass is 9.76. The van der Waals surface area contributed by atoms with Gasteiger partial charge in [0, 0.05) is 0 Å². The highest BCUT2D eigenvalue weighted by Gasteiger charge is 2.44. The molecular weight excluding hydrogens is 342 g/mol. The number of hydrogen-bond acceptors (Lipinski definition) is 3. The van der Waals surface area contributed by atoms with Crippen LogP contribution in [0.2, 0.25) is 0 Å². The molecule has 1 aliphatic carbocycles. The fourth-order valence-corrected chi connectivity index (χ4v) is 4.31. The number of ether oxygens (including phenoxy) is 2. The standard InChI is InChI=1S/C22H27NO4/c1-5-22(6-2)13-16-11-14(7-9-17(16)20(22)23-21(24)25)15-8-10-18(26-3)19(12-15)27-4/h7-12,20,23H,5-6,13H2,1-4H3,(H,24,25). The van der Waals surface area contributed by atoms with Crippen LogP contribution in [0.15, 0.2) is 36.4 Å². The second kappa shape index (κ2) is 7.51. The molecule has 1 aliphatic rings. The first-order valence-electron chi connectivity index (χ1n) is 9.32. The molecule has 0 saturated carbocycles. The molecule has 1 amide bonds. The van der Waals surface area contributed by atoms with E-state index < -0.39 is 6.09 Å². The molecule has 2 aromatic rings. The first kappa shape index (κ1) is 19.1.